The molecule has 0 saturated carbocycles. The minimum absolute atomic E-state index is 0.102. The van der Waals surface area contributed by atoms with Gasteiger partial charge in [0.25, 0.3) is 15.9 Å². The molecule has 0 aliphatic carbocycles. The summed E-state index contributed by atoms with van der Waals surface area (Å²) in [5.74, 6) is -0.359. The summed E-state index contributed by atoms with van der Waals surface area (Å²) in [4.78, 5) is 12.4. The number of hydrogen-bond acceptors (Lipinski definition) is 4. The monoisotopic (exact) mass is 517 g/mol. The molecule has 0 aromatic heterocycles. The van der Waals surface area contributed by atoms with Crippen molar-refractivity contribution >= 4 is 60.6 Å². The zero-order valence-electron chi connectivity index (χ0n) is 16.8. The van der Waals surface area contributed by atoms with Gasteiger partial charge in [-0.1, -0.05) is 29.8 Å². The number of nitrogens with one attached hydrogen (secondary N) is 3. The van der Waals surface area contributed by atoms with Crippen molar-refractivity contribution in [2.45, 2.75) is 18.7 Å². The first-order valence-electron chi connectivity index (χ1n) is 9.23. The van der Waals surface area contributed by atoms with Crippen molar-refractivity contribution in [3.05, 3.63) is 87.9 Å². The lowest BCUT2D eigenvalue weighted by Gasteiger charge is -2.13. The lowest BCUT2D eigenvalue weighted by molar-refractivity contribution is 0.0977. The Hall–Kier alpha value is -2.75. The molecule has 3 aromatic rings. The first-order chi connectivity index (χ1) is 14.7. The van der Waals surface area contributed by atoms with Crippen molar-refractivity contribution in [3.63, 3.8) is 0 Å². The van der Waals surface area contributed by atoms with Crippen molar-refractivity contribution in [1.29, 1.82) is 0 Å². The number of rotatable bonds is 5. The van der Waals surface area contributed by atoms with E-state index in [0.717, 1.165) is 11.1 Å². The lowest BCUT2D eigenvalue weighted by Crippen LogP contribution is -2.34. The Morgan fingerprint density at radius 3 is 2.29 bits per heavy atom. The number of aryl methyl sites for hydroxylation is 2. The topological polar surface area (TPSA) is 87.3 Å². The molecule has 160 valence electrons. The van der Waals surface area contributed by atoms with Gasteiger partial charge in [-0.25, -0.2) is 8.42 Å². The molecule has 3 aromatic carbocycles. The van der Waals surface area contributed by atoms with Gasteiger partial charge in [0.1, 0.15) is 0 Å². The summed E-state index contributed by atoms with van der Waals surface area (Å²) in [6.07, 6.45) is 0. The van der Waals surface area contributed by atoms with E-state index < -0.39 is 10.0 Å². The van der Waals surface area contributed by atoms with Gasteiger partial charge >= 0.3 is 0 Å². The third-order valence-electron chi connectivity index (χ3n) is 4.39. The second-order valence-electron chi connectivity index (χ2n) is 6.84. The van der Waals surface area contributed by atoms with Crippen LogP contribution in [0, 0.1) is 13.8 Å². The molecule has 0 bridgehead atoms. The number of halogens is 1. The molecule has 3 rings (SSSR count). The standard InChI is InChI=1S/C22H20BrN3O3S2/c1-14-7-12-20(15(2)13-14)26-31(28,29)17-10-8-16(9-11-17)24-22(30)25-21(27)18-5-3-4-6-19(18)23/h3-13,26H,1-2H3,(H2,24,25,27,30). The predicted molar refractivity (Wildman–Crippen MR) is 131 cm³/mol. The van der Waals surface area contributed by atoms with E-state index in [2.05, 4.69) is 31.3 Å². The summed E-state index contributed by atoms with van der Waals surface area (Å²) in [5, 5.41) is 5.57. The maximum absolute atomic E-state index is 12.7. The second-order valence-corrected chi connectivity index (χ2v) is 9.78. The van der Waals surface area contributed by atoms with E-state index in [4.69, 9.17) is 12.2 Å². The summed E-state index contributed by atoms with van der Waals surface area (Å²) < 4.78 is 28.6. The van der Waals surface area contributed by atoms with Crippen molar-refractivity contribution in [1.82, 2.24) is 5.32 Å². The molecule has 0 aliphatic rings. The third-order valence-corrected chi connectivity index (χ3v) is 6.67. The lowest BCUT2D eigenvalue weighted by atomic mass is 10.1. The average Bonchev–Trinajstić information content (AvgIpc) is 2.70. The number of carbonyl (C=O) groups is 1. The van der Waals surface area contributed by atoms with Gasteiger partial charge in [-0.3, -0.25) is 14.8 Å². The predicted octanol–water partition coefficient (Wildman–Crippen LogP) is 4.99. The Labute approximate surface area is 195 Å². The first kappa shape index (κ1) is 22.9. The van der Waals surface area contributed by atoms with Crippen molar-refractivity contribution in [2.24, 2.45) is 0 Å². The highest BCUT2D eigenvalue weighted by molar-refractivity contribution is 9.10. The Kier molecular flexibility index (Phi) is 7.09. The molecule has 6 nitrogen and oxygen atoms in total. The molecule has 31 heavy (non-hydrogen) atoms. The van der Waals surface area contributed by atoms with Gasteiger partial charge in [0.15, 0.2) is 5.11 Å². The maximum atomic E-state index is 12.7. The zero-order valence-corrected chi connectivity index (χ0v) is 20.0. The number of benzene rings is 3. The summed E-state index contributed by atoms with van der Waals surface area (Å²) in [6.45, 7) is 3.80. The Bertz CT molecular complexity index is 1240. The van der Waals surface area contributed by atoms with Crippen LogP contribution in [0.25, 0.3) is 0 Å². The van der Waals surface area contributed by atoms with Gasteiger partial charge < -0.3 is 5.32 Å². The number of sulfonamides is 1. The minimum atomic E-state index is -3.74. The SMILES string of the molecule is Cc1ccc(NS(=O)(=O)c2ccc(NC(=S)NC(=O)c3ccccc3Br)cc2)c(C)c1. The van der Waals surface area contributed by atoms with E-state index in [9.17, 15) is 13.2 Å². The number of amides is 1. The molecule has 0 aliphatic heterocycles. The molecule has 0 fully saturated rings. The minimum Gasteiger partial charge on any atom is -0.332 e. The molecular weight excluding hydrogens is 498 g/mol. The zero-order chi connectivity index (χ0) is 22.6. The highest BCUT2D eigenvalue weighted by Crippen LogP contribution is 2.22. The van der Waals surface area contributed by atoms with Gasteiger partial charge in [-0.2, -0.15) is 0 Å². The largest absolute Gasteiger partial charge is 0.332 e. The van der Waals surface area contributed by atoms with Crippen LogP contribution in [-0.4, -0.2) is 19.4 Å². The van der Waals surface area contributed by atoms with Crippen LogP contribution >= 0.6 is 28.1 Å². The van der Waals surface area contributed by atoms with E-state index in [-0.39, 0.29) is 15.9 Å². The summed E-state index contributed by atoms with van der Waals surface area (Å²) in [5.41, 5.74) is 3.42. The van der Waals surface area contributed by atoms with Crippen LogP contribution in [0.5, 0.6) is 0 Å². The number of hydrogen-bond donors (Lipinski definition) is 3. The molecule has 0 heterocycles. The summed E-state index contributed by atoms with van der Waals surface area (Å²) >= 11 is 8.51. The van der Waals surface area contributed by atoms with Gasteiger partial charge in [0.2, 0.25) is 0 Å². The van der Waals surface area contributed by atoms with Gasteiger partial charge in [0.05, 0.1) is 16.1 Å². The van der Waals surface area contributed by atoms with Gasteiger partial charge in [-0.15, -0.1) is 0 Å². The Balaban J connectivity index is 1.66. The van der Waals surface area contributed by atoms with Crippen LogP contribution in [0.2, 0.25) is 0 Å². The molecule has 0 saturated heterocycles. The van der Waals surface area contributed by atoms with Crippen LogP contribution < -0.4 is 15.4 Å². The quantitative estimate of drug-likeness (QED) is 0.414. The number of carbonyl (C=O) groups excluding carboxylic acids is 1. The smallest absolute Gasteiger partial charge is 0.261 e. The molecule has 3 N–H and O–H groups in total. The molecule has 0 spiro atoms. The molecule has 9 heteroatoms. The summed E-state index contributed by atoms with van der Waals surface area (Å²) in [6, 6.07) is 18.6. The molecule has 1 amide bonds. The van der Waals surface area contributed by atoms with Gasteiger partial charge in [0, 0.05) is 10.2 Å². The van der Waals surface area contributed by atoms with Crippen molar-refractivity contribution in [2.75, 3.05) is 10.0 Å². The molecular formula is C22H20BrN3O3S2. The van der Waals surface area contributed by atoms with Crippen LogP contribution in [0.1, 0.15) is 21.5 Å². The maximum Gasteiger partial charge on any atom is 0.261 e. The van der Waals surface area contributed by atoms with Crippen LogP contribution in [0.4, 0.5) is 11.4 Å². The Morgan fingerprint density at radius 1 is 0.968 bits per heavy atom. The first-order valence-corrected chi connectivity index (χ1v) is 11.9. The Morgan fingerprint density at radius 2 is 1.65 bits per heavy atom. The highest BCUT2D eigenvalue weighted by atomic mass is 79.9. The number of anilines is 2. The highest BCUT2D eigenvalue weighted by Gasteiger charge is 2.16. The molecule has 0 radical (unpaired) electrons. The van der Waals surface area contributed by atoms with E-state index in [1.165, 1.54) is 12.1 Å². The normalized spacial score (nSPS) is 10.9. The van der Waals surface area contributed by atoms with Crippen LogP contribution in [0.3, 0.4) is 0 Å². The van der Waals surface area contributed by atoms with Crippen LogP contribution in [0.15, 0.2) is 76.1 Å². The van der Waals surface area contributed by atoms with E-state index in [1.807, 2.05) is 32.0 Å². The van der Waals surface area contributed by atoms with Crippen molar-refractivity contribution < 1.29 is 13.2 Å². The average molecular weight is 518 g/mol. The van der Waals surface area contributed by atoms with E-state index >= 15 is 0 Å². The van der Waals surface area contributed by atoms with E-state index in [0.29, 0.717) is 21.4 Å². The fourth-order valence-electron chi connectivity index (χ4n) is 2.83. The summed E-state index contributed by atoms with van der Waals surface area (Å²) in [7, 11) is -3.74. The fourth-order valence-corrected chi connectivity index (χ4v) is 4.63. The molecule has 0 unspecified atom stereocenters. The van der Waals surface area contributed by atoms with E-state index in [1.54, 1.807) is 36.4 Å². The fraction of sp³-hybridized carbons (Fsp3) is 0.0909. The van der Waals surface area contributed by atoms with Crippen molar-refractivity contribution in [3.8, 4) is 0 Å². The van der Waals surface area contributed by atoms with Crippen LogP contribution in [-0.2, 0) is 10.0 Å². The second kappa shape index (κ2) is 9.59. The molecule has 0 atom stereocenters. The number of thiocarbonyl (C=S) groups is 1. The third kappa shape index (κ3) is 5.90. The van der Waals surface area contributed by atoms with Gasteiger partial charge in [-0.05, 0) is 90.0 Å².